The molecule has 0 aliphatic carbocycles. The standard InChI is InChI=1S/C14H20N2O2/c1-2-10-18-13-7-4-3-6-12(13)11-16-14(17)8-5-9-15/h2-4,6-7H,1,5,8-11,15H2,(H,16,17). The van der Waals surface area contributed by atoms with Gasteiger partial charge in [-0.2, -0.15) is 0 Å². The van der Waals surface area contributed by atoms with E-state index in [1.807, 2.05) is 24.3 Å². The van der Waals surface area contributed by atoms with Gasteiger partial charge in [0.15, 0.2) is 0 Å². The Kier molecular flexibility index (Phi) is 6.58. The predicted octanol–water partition coefficient (Wildman–Crippen LogP) is 1.61. The van der Waals surface area contributed by atoms with Gasteiger partial charge in [0.2, 0.25) is 5.91 Å². The molecule has 1 aromatic rings. The molecule has 0 aliphatic heterocycles. The summed E-state index contributed by atoms with van der Waals surface area (Å²) in [6.45, 7) is 5.07. The lowest BCUT2D eigenvalue weighted by molar-refractivity contribution is -0.121. The van der Waals surface area contributed by atoms with Gasteiger partial charge in [0, 0.05) is 18.5 Å². The van der Waals surface area contributed by atoms with Crippen LogP contribution in [0.15, 0.2) is 36.9 Å². The van der Waals surface area contributed by atoms with Gasteiger partial charge in [0.05, 0.1) is 0 Å². The van der Waals surface area contributed by atoms with Crippen LogP contribution in [0, 0.1) is 0 Å². The zero-order chi connectivity index (χ0) is 13.2. The first kappa shape index (κ1) is 14.3. The lowest BCUT2D eigenvalue weighted by Gasteiger charge is -2.10. The van der Waals surface area contributed by atoms with E-state index in [2.05, 4.69) is 11.9 Å². The van der Waals surface area contributed by atoms with E-state index in [9.17, 15) is 4.79 Å². The number of hydrogen-bond acceptors (Lipinski definition) is 3. The topological polar surface area (TPSA) is 64.3 Å². The second-order valence-electron chi connectivity index (χ2n) is 3.88. The third kappa shape index (κ3) is 5.01. The molecule has 0 fully saturated rings. The summed E-state index contributed by atoms with van der Waals surface area (Å²) in [5.41, 5.74) is 6.31. The number of para-hydroxylation sites is 1. The maximum atomic E-state index is 11.5. The van der Waals surface area contributed by atoms with Crippen molar-refractivity contribution < 1.29 is 9.53 Å². The number of rotatable bonds is 8. The molecular weight excluding hydrogens is 228 g/mol. The Morgan fingerprint density at radius 2 is 2.22 bits per heavy atom. The Morgan fingerprint density at radius 3 is 2.94 bits per heavy atom. The second-order valence-corrected chi connectivity index (χ2v) is 3.88. The molecule has 3 N–H and O–H groups in total. The number of amides is 1. The normalized spacial score (nSPS) is 9.83. The first-order valence-electron chi connectivity index (χ1n) is 6.06. The van der Waals surface area contributed by atoms with Gasteiger partial charge < -0.3 is 15.8 Å². The summed E-state index contributed by atoms with van der Waals surface area (Å²) in [5.74, 6) is 0.787. The minimum Gasteiger partial charge on any atom is -0.489 e. The van der Waals surface area contributed by atoms with Crippen LogP contribution in [0.2, 0.25) is 0 Å². The minimum absolute atomic E-state index is 0.0129. The minimum atomic E-state index is 0.0129. The van der Waals surface area contributed by atoms with Gasteiger partial charge in [-0.1, -0.05) is 30.9 Å². The molecule has 18 heavy (non-hydrogen) atoms. The molecule has 0 saturated heterocycles. The quantitative estimate of drug-likeness (QED) is 0.687. The van der Waals surface area contributed by atoms with Crippen LogP contribution in [0.4, 0.5) is 0 Å². The molecule has 98 valence electrons. The van der Waals surface area contributed by atoms with Crippen LogP contribution in [0.3, 0.4) is 0 Å². The monoisotopic (exact) mass is 248 g/mol. The smallest absolute Gasteiger partial charge is 0.220 e. The van der Waals surface area contributed by atoms with Crippen molar-refractivity contribution in [1.29, 1.82) is 0 Å². The molecule has 0 aliphatic rings. The summed E-state index contributed by atoms with van der Waals surface area (Å²) < 4.78 is 5.51. The van der Waals surface area contributed by atoms with E-state index < -0.39 is 0 Å². The van der Waals surface area contributed by atoms with Crippen LogP contribution in [0.5, 0.6) is 5.75 Å². The molecule has 0 radical (unpaired) electrons. The molecule has 0 bridgehead atoms. The molecule has 0 atom stereocenters. The van der Waals surface area contributed by atoms with E-state index in [1.165, 1.54) is 0 Å². The molecule has 4 nitrogen and oxygen atoms in total. The summed E-state index contributed by atoms with van der Waals surface area (Å²) >= 11 is 0. The number of nitrogens with two attached hydrogens (primary N) is 1. The lowest BCUT2D eigenvalue weighted by atomic mass is 10.2. The highest BCUT2D eigenvalue weighted by Gasteiger charge is 2.04. The fraction of sp³-hybridized carbons (Fsp3) is 0.357. The molecular formula is C14H20N2O2. The van der Waals surface area contributed by atoms with E-state index in [1.54, 1.807) is 6.08 Å². The van der Waals surface area contributed by atoms with Gasteiger partial charge >= 0.3 is 0 Å². The van der Waals surface area contributed by atoms with Gasteiger partial charge in [-0.25, -0.2) is 0 Å². The number of hydrogen-bond donors (Lipinski definition) is 2. The van der Waals surface area contributed by atoms with Gasteiger partial charge in [-0.3, -0.25) is 4.79 Å². The molecule has 0 saturated carbocycles. The van der Waals surface area contributed by atoms with Crippen molar-refractivity contribution >= 4 is 5.91 Å². The number of benzene rings is 1. The molecule has 0 aromatic heterocycles. The molecule has 1 amide bonds. The maximum Gasteiger partial charge on any atom is 0.220 e. The number of carbonyl (C=O) groups is 1. The molecule has 4 heteroatoms. The van der Waals surface area contributed by atoms with Crippen LogP contribution in [0.25, 0.3) is 0 Å². The zero-order valence-corrected chi connectivity index (χ0v) is 10.5. The van der Waals surface area contributed by atoms with Gasteiger partial charge in [0.25, 0.3) is 0 Å². The Morgan fingerprint density at radius 1 is 1.44 bits per heavy atom. The summed E-state index contributed by atoms with van der Waals surface area (Å²) in [5, 5.41) is 2.85. The average molecular weight is 248 g/mol. The van der Waals surface area contributed by atoms with E-state index in [0.717, 1.165) is 11.3 Å². The van der Waals surface area contributed by atoms with Crippen LogP contribution in [-0.4, -0.2) is 19.1 Å². The van der Waals surface area contributed by atoms with Crippen LogP contribution >= 0.6 is 0 Å². The lowest BCUT2D eigenvalue weighted by Crippen LogP contribution is -2.23. The molecule has 0 unspecified atom stereocenters. The number of carbonyl (C=O) groups excluding carboxylic acids is 1. The third-order valence-electron chi connectivity index (χ3n) is 2.41. The van der Waals surface area contributed by atoms with Crippen molar-refractivity contribution in [3.05, 3.63) is 42.5 Å². The van der Waals surface area contributed by atoms with Crippen molar-refractivity contribution in [2.75, 3.05) is 13.2 Å². The molecule has 0 heterocycles. The largest absolute Gasteiger partial charge is 0.489 e. The Balaban J connectivity index is 2.50. The summed E-state index contributed by atoms with van der Waals surface area (Å²) in [6.07, 6.45) is 2.86. The Bertz CT molecular complexity index is 391. The summed E-state index contributed by atoms with van der Waals surface area (Å²) in [4.78, 5) is 11.5. The van der Waals surface area contributed by atoms with E-state index in [4.69, 9.17) is 10.5 Å². The highest BCUT2D eigenvalue weighted by atomic mass is 16.5. The second kappa shape index (κ2) is 8.31. The SMILES string of the molecule is C=CCOc1ccccc1CNC(=O)CCCN. The van der Waals surface area contributed by atoms with Crippen molar-refractivity contribution in [3.63, 3.8) is 0 Å². The van der Waals surface area contributed by atoms with E-state index in [0.29, 0.717) is 32.5 Å². The molecule has 0 spiro atoms. The van der Waals surface area contributed by atoms with E-state index >= 15 is 0 Å². The summed E-state index contributed by atoms with van der Waals surface area (Å²) in [6, 6.07) is 7.63. The fourth-order valence-corrected chi connectivity index (χ4v) is 1.48. The third-order valence-corrected chi connectivity index (χ3v) is 2.41. The Hall–Kier alpha value is -1.81. The van der Waals surface area contributed by atoms with Crippen LogP contribution in [0.1, 0.15) is 18.4 Å². The number of nitrogens with one attached hydrogen (secondary N) is 1. The van der Waals surface area contributed by atoms with Crippen molar-refractivity contribution in [3.8, 4) is 5.75 Å². The van der Waals surface area contributed by atoms with Gasteiger partial charge in [0.1, 0.15) is 12.4 Å². The van der Waals surface area contributed by atoms with Crippen molar-refractivity contribution in [2.45, 2.75) is 19.4 Å². The van der Waals surface area contributed by atoms with Crippen molar-refractivity contribution in [1.82, 2.24) is 5.32 Å². The molecule has 1 rings (SSSR count). The maximum absolute atomic E-state index is 11.5. The Labute approximate surface area is 108 Å². The van der Waals surface area contributed by atoms with E-state index in [-0.39, 0.29) is 5.91 Å². The highest BCUT2D eigenvalue weighted by molar-refractivity contribution is 5.75. The summed E-state index contributed by atoms with van der Waals surface area (Å²) in [7, 11) is 0. The number of ether oxygens (including phenoxy) is 1. The molecule has 1 aromatic carbocycles. The average Bonchev–Trinajstić information content (AvgIpc) is 2.41. The van der Waals surface area contributed by atoms with Crippen LogP contribution in [-0.2, 0) is 11.3 Å². The predicted molar refractivity (Wildman–Crippen MR) is 72.3 cm³/mol. The van der Waals surface area contributed by atoms with Gasteiger partial charge in [-0.15, -0.1) is 0 Å². The highest BCUT2D eigenvalue weighted by Crippen LogP contribution is 2.17. The van der Waals surface area contributed by atoms with Crippen molar-refractivity contribution in [2.24, 2.45) is 5.73 Å². The zero-order valence-electron chi connectivity index (χ0n) is 10.5. The first-order chi connectivity index (χ1) is 8.77. The first-order valence-corrected chi connectivity index (χ1v) is 6.06. The van der Waals surface area contributed by atoms with Crippen LogP contribution < -0.4 is 15.8 Å². The van der Waals surface area contributed by atoms with Gasteiger partial charge in [-0.05, 0) is 19.0 Å². The fourth-order valence-electron chi connectivity index (χ4n) is 1.48.